The molecule has 2 saturated heterocycles. The molecular formula is C9H15Cl2NO2. The largest absolute Gasteiger partial charge is 0.450 e. The highest BCUT2D eigenvalue weighted by Gasteiger charge is 2.39. The van der Waals surface area contributed by atoms with E-state index in [1.54, 1.807) is 0 Å². The summed E-state index contributed by atoms with van der Waals surface area (Å²) in [7, 11) is 2.15. The fourth-order valence-electron chi connectivity index (χ4n) is 2.59. The van der Waals surface area contributed by atoms with Crippen LogP contribution in [0.25, 0.3) is 0 Å². The third-order valence-corrected chi connectivity index (χ3v) is 3.40. The van der Waals surface area contributed by atoms with Crippen molar-refractivity contribution in [3.8, 4) is 0 Å². The molecule has 5 heteroatoms. The minimum absolute atomic E-state index is 0. The van der Waals surface area contributed by atoms with Crippen molar-refractivity contribution in [2.45, 2.75) is 43.9 Å². The molecule has 0 amide bonds. The van der Waals surface area contributed by atoms with E-state index in [0.717, 1.165) is 12.8 Å². The summed E-state index contributed by atoms with van der Waals surface area (Å²) >= 11 is 5.19. The third kappa shape index (κ3) is 2.33. The first kappa shape index (κ1) is 12.1. The lowest BCUT2D eigenvalue weighted by Gasteiger charge is -2.35. The van der Waals surface area contributed by atoms with E-state index in [9.17, 15) is 4.79 Å². The summed E-state index contributed by atoms with van der Waals surface area (Å²) in [5, 5.41) is 0. The van der Waals surface area contributed by atoms with Crippen LogP contribution >= 0.6 is 24.0 Å². The van der Waals surface area contributed by atoms with Crippen LogP contribution in [0.15, 0.2) is 0 Å². The third-order valence-electron chi connectivity index (χ3n) is 3.31. The number of nitrogens with zero attached hydrogens (tertiary/aromatic N) is 1. The zero-order chi connectivity index (χ0) is 9.42. The normalized spacial score (nSPS) is 36.3. The van der Waals surface area contributed by atoms with E-state index < -0.39 is 5.43 Å². The van der Waals surface area contributed by atoms with E-state index in [1.807, 2.05) is 0 Å². The van der Waals surface area contributed by atoms with E-state index in [0.29, 0.717) is 12.1 Å². The molecular weight excluding hydrogens is 225 g/mol. The van der Waals surface area contributed by atoms with Crippen LogP contribution in [0.4, 0.5) is 4.79 Å². The summed E-state index contributed by atoms with van der Waals surface area (Å²) in [6.07, 6.45) is 4.42. The predicted molar refractivity (Wildman–Crippen MR) is 57.2 cm³/mol. The molecule has 0 aliphatic carbocycles. The number of ether oxygens (including phenoxy) is 1. The van der Waals surface area contributed by atoms with Crippen molar-refractivity contribution in [3.63, 3.8) is 0 Å². The molecule has 0 N–H and O–H groups in total. The Morgan fingerprint density at radius 2 is 1.86 bits per heavy atom. The topological polar surface area (TPSA) is 29.5 Å². The molecule has 2 unspecified atom stereocenters. The maximum Gasteiger partial charge on any atom is 0.404 e. The highest BCUT2D eigenvalue weighted by atomic mass is 35.5. The van der Waals surface area contributed by atoms with Crippen LogP contribution in [0.2, 0.25) is 0 Å². The Morgan fingerprint density at radius 1 is 1.36 bits per heavy atom. The molecule has 2 heterocycles. The van der Waals surface area contributed by atoms with Gasteiger partial charge in [0.05, 0.1) is 0 Å². The Bertz CT molecular complexity index is 211. The fourth-order valence-corrected chi connectivity index (χ4v) is 2.71. The first-order valence-corrected chi connectivity index (χ1v) is 5.12. The molecule has 2 aliphatic rings. The lowest BCUT2D eigenvalue weighted by atomic mass is 10.0. The zero-order valence-electron chi connectivity index (χ0n) is 8.11. The summed E-state index contributed by atoms with van der Waals surface area (Å²) in [6, 6.07) is 1.19. The van der Waals surface area contributed by atoms with Crippen molar-refractivity contribution in [2.75, 3.05) is 7.05 Å². The standard InChI is InChI=1S/C9H14ClNO2.ClH/c1-11-6-2-3-7(11)5-8(4-6)13-9(10)12;/h6-8H,2-5H2,1H3;1H. The van der Waals surface area contributed by atoms with Crippen LogP contribution in [-0.4, -0.2) is 35.6 Å². The van der Waals surface area contributed by atoms with Gasteiger partial charge in [0, 0.05) is 36.5 Å². The average molecular weight is 240 g/mol. The molecule has 0 aromatic carbocycles. The SMILES string of the molecule is CN1C2CCC1CC(OC(=O)Cl)C2.Cl. The fraction of sp³-hybridized carbons (Fsp3) is 0.889. The first-order valence-electron chi connectivity index (χ1n) is 4.75. The summed E-state index contributed by atoms with van der Waals surface area (Å²) in [4.78, 5) is 13.0. The Hall–Kier alpha value is 0.01000. The number of halogens is 2. The van der Waals surface area contributed by atoms with Gasteiger partial charge in [0.2, 0.25) is 0 Å². The number of rotatable bonds is 1. The number of hydrogen-bond acceptors (Lipinski definition) is 3. The van der Waals surface area contributed by atoms with Crippen LogP contribution in [0, 0.1) is 0 Å². The molecule has 82 valence electrons. The van der Waals surface area contributed by atoms with Crippen molar-refractivity contribution in [1.82, 2.24) is 4.90 Å². The van der Waals surface area contributed by atoms with Crippen LogP contribution < -0.4 is 0 Å². The summed E-state index contributed by atoms with van der Waals surface area (Å²) in [6.45, 7) is 0. The Balaban J connectivity index is 0.000000980. The smallest absolute Gasteiger partial charge is 0.404 e. The molecule has 2 bridgehead atoms. The van der Waals surface area contributed by atoms with Gasteiger partial charge in [-0.15, -0.1) is 12.4 Å². The molecule has 14 heavy (non-hydrogen) atoms. The molecule has 2 rings (SSSR count). The van der Waals surface area contributed by atoms with E-state index in [1.165, 1.54) is 12.8 Å². The van der Waals surface area contributed by atoms with Crippen molar-refractivity contribution >= 4 is 29.4 Å². The molecule has 2 aliphatic heterocycles. The van der Waals surface area contributed by atoms with Crippen LogP contribution in [-0.2, 0) is 4.74 Å². The van der Waals surface area contributed by atoms with Crippen LogP contribution in [0.3, 0.4) is 0 Å². The van der Waals surface area contributed by atoms with Gasteiger partial charge >= 0.3 is 5.43 Å². The van der Waals surface area contributed by atoms with E-state index in [-0.39, 0.29) is 18.5 Å². The van der Waals surface area contributed by atoms with Gasteiger partial charge in [-0.3, -0.25) is 0 Å². The Labute approximate surface area is 95.1 Å². The Morgan fingerprint density at radius 3 is 2.29 bits per heavy atom. The maximum atomic E-state index is 10.6. The zero-order valence-corrected chi connectivity index (χ0v) is 9.68. The second kappa shape index (κ2) is 4.69. The highest BCUT2D eigenvalue weighted by Crippen LogP contribution is 2.35. The van der Waals surface area contributed by atoms with Gasteiger partial charge in [0.1, 0.15) is 6.10 Å². The van der Waals surface area contributed by atoms with Crippen molar-refractivity contribution < 1.29 is 9.53 Å². The average Bonchev–Trinajstić information content (AvgIpc) is 2.33. The van der Waals surface area contributed by atoms with Crippen molar-refractivity contribution in [3.05, 3.63) is 0 Å². The van der Waals surface area contributed by atoms with Crippen molar-refractivity contribution in [1.29, 1.82) is 0 Å². The minimum atomic E-state index is -0.658. The predicted octanol–water partition coefficient (Wildman–Crippen LogP) is 2.41. The van der Waals surface area contributed by atoms with Crippen LogP contribution in [0.5, 0.6) is 0 Å². The lowest BCUT2D eigenvalue weighted by molar-refractivity contribution is 0.0399. The second-order valence-corrected chi connectivity index (χ2v) is 4.31. The lowest BCUT2D eigenvalue weighted by Crippen LogP contribution is -2.43. The van der Waals surface area contributed by atoms with Crippen molar-refractivity contribution in [2.24, 2.45) is 0 Å². The Kier molecular flexibility index (Phi) is 4.04. The quantitative estimate of drug-likeness (QED) is 0.659. The van der Waals surface area contributed by atoms with E-state index in [4.69, 9.17) is 16.3 Å². The number of piperidine rings is 1. The minimum Gasteiger partial charge on any atom is -0.450 e. The second-order valence-electron chi connectivity index (χ2n) is 4.00. The summed E-state index contributed by atoms with van der Waals surface area (Å²) in [5.41, 5.74) is -0.658. The van der Waals surface area contributed by atoms with Gasteiger partial charge in [-0.2, -0.15) is 0 Å². The van der Waals surface area contributed by atoms with Gasteiger partial charge in [0.25, 0.3) is 0 Å². The first-order chi connectivity index (χ1) is 6.16. The monoisotopic (exact) mass is 239 g/mol. The molecule has 2 atom stereocenters. The van der Waals surface area contributed by atoms with Gasteiger partial charge < -0.3 is 9.64 Å². The molecule has 0 aromatic heterocycles. The molecule has 0 saturated carbocycles. The molecule has 3 nitrogen and oxygen atoms in total. The van der Waals surface area contributed by atoms with E-state index in [2.05, 4.69) is 11.9 Å². The molecule has 2 fully saturated rings. The molecule has 0 spiro atoms. The van der Waals surface area contributed by atoms with Gasteiger partial charge in [-0.05, 0) is 19.9 Å². The molecule has 0 radical (unpaired) electrons. The maximum absolute atomic E-state index is 10.6. The van der Waals surface area contributed by atoms with Gasteiger partial charge in [-0.25, -0.2) is 4.79 Å². The highest BCUT2D eigenvalue weighted by molar-refractivity contribution is 6.61. The summed E-state index contributed by atoms with van der Waals surface area (Å²) < 4.78 is 5.02. The molecule has 0 aromatic rings. The number of fused-ring (bicyclic) bond motifs is 2. The summed E-state index contributed by atoms with van der Waals surface area (Å²) in [5.74, 6) is 0. The number of hydrogen-bond donors (Lipinski definition) is 0. The number of carbonyl (C=O) groups excluding carboxylic acids is 1. The van der Waals surface area contributed by atoms with Gasteiger partial charge in [0.15, 0.2) is 0 Å². The van der Waals surface area contributed by atoms with Crippen LogP contribution in [0.1, 0.15) is 25.7 Å². The number of carbonyl (C=O) groups is 1. The van der Waals surface area contributed by atoms with E-state index >= 15 is 0 Å². The van der Waals surface area contributed by atoms with Gasteiger partial charge in [-0.1, -0.05) is 0 Å².